The Morgan fingerprint density at radius 2 is 1.62 bits per heavy atom. The number of benzene rings is 2. The number of anilines is 2. The monoisotopic (exact) mass is 738 g/mol. The number of aliphatic carboxylic acids is 1. The Kier molecular flexibility index (Phi) is 6.84. The normalized spacial score (nSPS) is 23.8. The molecule has 6 heterocycles. The molecule has 5 nitrogen and oxygen atoms in total. The highest BCUT2D eigenvalue weighted by Crippen LogP contribution is 2.62. The Bertz CT molecular complexity index is 2360. The fourth-order valence-corrected chi connectivity index (χ4v) is 14.8. The molecular formula is C37H26N2O3S6. The molecule has 4 unspecified atom stereocenters. The maximum absolute atomic E-state index is 12.7. The quantitative estimate of drug-likeness (QED) is 0.136. The van der Waals surface area contributed by atoms with Gasteiger partial charge in [-0.2, -0.15) is 0 Å². The first-order valence-electron chi connectivity index (χ1n) is 15.9. The highest BCUT2D eigenvalue weighted by molar-refractivity contribution is 8.26. The van der Waals surface area contributed by atoms with Crippen molar-refractivity contribution in [3.8, 4) is 20.2 Å². The van der Waals surface area contributed by atoms with E-state index < -0.39 is 12.5 Å². The van der Waals surface area contributed by atoms with Gasteiger partial charge in [-0.05, 0) is 90.8 Å². The number of carboxylic acid groups (broad SMARTS) is 1. The molecular weight excluding hydrogens is 713 g/mol. The van der Waals surface area contributed by atoms with Crippen LogP contribution in [0.25, 0.3) is 45.1 Å². The second-order valence-corrected chi connectivity index (χ2v) is 18.9. The number of carboxylic acids is 1. The highest BCUT2D eigenvalue weighted by Gasteiger charge is 2.55. The van der Waals surface area contributed by atoms with Crippen LogP contribution in [-0.2, 0) is 9.59 Å². The van der Waals surface area contributed by atoms with Crippen LogP contribution in [0.1, 0.15) is 35.6 Å². The van der Waals surface area contributed by atoms with E-state index in [4.69, 9.17) is 17.3 Å². The van der Waals surface area contributed by atoms with Crippen molar-refractivity contribution in [1.82, 2.24) is 4.90 Å². The third-order valence-electron chi connectivity index (χ3n) is 10.3. The minimum absolute atomic E-state index is 0.283. The van der Waals surface area contributed by atoms with Gasteiger partial charge in [0, 0.05) is 52.2 Å². The van der Waals surface area contributed by atoms with E-state index in [0.29, 0.717) is 16.9 Å². The van der Waals surface area contributed by atoms with Crippen LogP contribution < -0.4 is 4.90 Å². The Labute approximate surface area is 302 Å². The maximum atomic E-state index is 12.7. The Morgan fingerprint density at radius 1 is 0.875 bits per heavy atom. The molecule has 4 aromatic heterocycles. The summed E-state index contributed by atoms with van der Waals surface area (Å²) in [6, 6.07) is 27.8. The summed E-state index contributed by atoms with van der Waals surface area (Å²) in [7, 11) is 0. The molecule has 3 fully saturated rings. The van der Waals surface area contributed by atoms with E-state index in [9.17, 15) is 9.59 Å². The minimum atomic E-state index is -1.08. The van der Waals surface area contributed by atoms with Gasteiger partial charge < -0.3 is 10.0 Å². The number of para-hydroxylation sites is 1. The lowest BCUT2D eigenvalue weighted by Gasteiger charge is -2.33. The molecule has 2 aromatic carbocycles. The van der Waals surface area contributed by atoms with Crippen molar-refractivity contribution in [3.63, 3.8) is 0 Å². The van der Waals surface area contributed by atoms with Gasteiger partial charge in [0.05, 0.1) is 14.3 Å². The van der Waals surface area contributed by atoms with Crippen LogP contribution in [0.2, 0.25) is 0 Å². The zero-order valence-electron chi connectivity index (χ0n) is 25.3. The molecule has 4 atom stereocenters. The van der Waals surface area contributed by atoms with E-state index in [1.807, 2.05) is 46.2 Å². The fraction of sp³-hybridized carbons (Fsp3) is 0.216. The zero-order valence-corrected chi connectivity index (χ0v) is 30.1. The van der Waals surface area contributed by atoms with Crippen molar-refractivity contribution in [2.24, 2.45) is 11.8 Å². The molecule has 1 saturated heterocycles. The second-order valence-electron chi connectivity index (χ2n) is 12.9. The summed E-state index contributed by atoms with van der Waals surface area (Å²) in [5, 5.41) is 9.12. The summed E-state index contributed by atoms with van der Waals surface area (Å²) in [5.74, 6) is 0.909. The van der Waals surface area contributed by atoms with E-state index in [1.165, 1.54) is 64.8 Å². The molecule has 2 aliphatic carbocycles. The molecule has 11 heteroatoms. The SMILES string of the molecule is O=C(O)CN1C(=O)/C(=C/c2ccc(-c3cc4sc5cc(-c6ccc(N7c8ccccc8C8C9CCC(C9)C87)cc6)sc5c4s3)s2)SC1=S. The van der Waals surface area contributed by atoms with Gasteiger partial charge in [-0.3, -0.25) is 14.5 Å². The van der Waals surface area contributed by atoms with Gasteiger partial charge >= 0.3 is 5.97 Å². The average Bonchev–Trinajstić information content (AvgIpc) is 3.93. The summed E-state index contributed by atoms with van der Waals surface area (Å²) in [4.78, 5) is 32.7. The number of hydrogen-bond acceptors (Lipinski definition) is 9. The number of amides is 1. The molecule has 238 valence electrons. The highest BCUT2D eigenvalue weighted by atomic mass is 32.2. The number of rotatable bonds is 6. The zero-order chi connectivity index (χ0) is 32.3. The molecule has 48 heavy (non-hydrogen) atoms. The summed E-state index contributed by atoms with van der Waals surface area (Å²) in [6.45, 7) is -0.414. The number of carbonyl (C=O) groups excluding carboxylic acids is 1. The van der Waals surface area contributed by atoms with Crippen molar-refractivity contribution >= 4 is 122 Å². The first-order valence-corrected chi connectivity index (χ1v) is 20.4. The van der Waals surface area contributed by atoms with Crippen LogP contribution in [0.15, 0.2) is 77.7 Å². The van der Waals surface area contributed by atoms with E-state index in [1.54, 1.807) is 16.9 Å². The van der Waals surface area contributed by atoms with Crippen molar-refractivity contribution < 1.29 is 14.7 Å². The Balaban J connectivity index is 0.913. The molecule has 1 amide bonds. The molecule has 0 radical (unpaired) electrons. The predicted molar refractivity (Wildman–Crippen MR) is 207 cm³/mol. The summed E-state index contributed by atoms with van der Waals surface area (Å²) in [5.41, 5.74) is 5.56. The van der Waals surface area contributed by atoms with E-state index in [0.717, 1.165) is 38.3 Å². The second kappa shape index (κ2) is 11.1. The first-order chi connectivity index (χ1) is 23.4. The molecule has 1 N–H and O–H groups in total. The summed E-state index contributed by atoms with van der Waals surface area (Å²) >= 11 is 13.6. The van der Waals surface area contributed by atoms with Crippen LogP contribution in [-0.4, -0.2) is 38.8 Å². The number of thioether (sulfide) groups is 1. The fourth-order valence-electron chi connectivity index (χ4n) is 8.38. The van der Waals surface area contributed by atoms with Gasteiger partial charge in [0.15, 0.2) is 0 Å². The van der Waals surface area contributed by atoms with E-state index >= 15 is 0 Å². The first kappa shape index (κ1) is 29.6. The topological polar surface area (TPSA) is 60.9 Å². The van der Waals surface area contributed by atoms with Crippen molar-refractivity contribution in [2.75, 3.05) is 11.4 Å². The molecule has 4 aliphatic rings. The Morgan fingerprint density at radius 3 is 2.44 bits per heavy atom. The van der Waals surface area contributed by atoms with Crippen LogP contribution >= 0.6 is 69.3 Å². The van der Waals surface area contributed by atoms with Gasteiger partial charge in [0.1, 0.15) is 10.9 Å². The minimum Gasteiger partial charge on any atom is -0.480 e. The number of fused-ring (bicyclic) bond motifs is 10. The third-order valence-corrected chi connectivity index (χ3v) is 16.7. The lowest BCUT2D eigenvalue weighted by molar-refractivity contribution is -0.140. The van der Waals surface area contributed by atoms with E-state index in [-0.39, 0.29) is 10.2 Å². The third kappa shape index (κ3) is 4.55. The molecule has 2 saturated carbocycles. The average molecular weight is 739 g/mol. The van der Waals surface area contributed by atoms with Gasteiger partial charge in [0.2, 0.25) is 0 Å². The molecule has 2 aliphatic heterocycles. The van der Waals surface area contributed by atoms with Crippen molar-refractivity contribution in [2.45, 2.75) is 31.2 Å². The molecule has 0 spiro atoms. The number of thiophene rings is 4. The predicted octanol–water partition coefficient (Wildman–Crippen LogP) is 10.9. The molecule has 6 aromatic rings. The number of carbonyl (C=O) groups is 2. The van der Waals surface area contributed by atoms with Crippen LogP contribution in [0.3, 0.4) is 0 Å². The van der Waals surface area contributed by atoms with Crippen molar-refractivity contribution in [3.05, 3.63) is 88.1 Å². The van der Waals surface area contributed by atoms with E-state index in [2.05, 4.69) is 71.6 Å². The van der Waals surface area contributed by atoms with Gasteiger partial charge in [-0.1, -0.05) is 54.3 Å². The molecule has 10 rings (SSSR count). The van der Waals surface area contributed by atoms with Gasteiger partial charge in [0.25, 0.3) is 5.91 Å². The smallest absolute Gasteiger partial charge is 0.323 e. The lowest BCUT2D eigenvalue weighted by Crippen LogP contribution is -2.35. The van der Waals surface area contributed by atoms with Crippen molar-refractivity contribution in [1.29, 1.82) is 0 Å². The standard InChI is InChI=1S/C37H26N2O3S6/c40-31(41)17-38-36(42)30(48-37(38)43)14-22-11-12-25(44-22)27-16-29-35(47-27)34-28(45-29)15-26(46-34)18-7-9-21(10-8-18)39-24-4-2-1-3-23(24)32-19-5-6-20(13-19)33(32)39/h1-4,7-12,14-16,19-20,32-33H,5-6,13,17H2,(H,40,41)/b30-14-. The van der Waals surface area contributed by atoms with Gasteiger partial charge in [-0.15, -0.1) is 45.3 Å². The van der Waals surface area contributed by atoms with Crippen LogP contribution in [0.4, 0.5) is 11.4 Å². The number of nitrogens with zero attached hydrogens (tertiary/aromatic N) is 2. The van der Waals surface area contributed by atoms with Gasteiger partial charge in [-0.25, -0.2) is 0 Å². The summed E-state index contributed by atoms with van der Waals surface area (Å²) < 4.78 is 5.60. The summed E-state index contributed by atoms with van der Waals surface area (Å²) in [6.07, 6.45) is 5.97. The molecule has 2 bridgehead atoms. The largest absolute Gasteiger partial charge is 0.480 e. The maximum Gasteiger partial charge on any atom is 0.323 e. The van der Waals surface area contributed by atoms with Crippen LogP contribution in [0, 0.1) is 11.8 Å². The Hall–Kier alpha value is -3.32. The van der Waals surface area contributed by atoms with Crippen LogP contribution in [0.5, 0.6) is 0 Å². The number of thiocarbonyl (C=S) groups is 1. The number of hydrogen-bond donors (Lipinski definition) is 1. The lowest BCUT2D eigenvalue weighted by atomic mass is 9.82.